The van der Waals surface area contributed by atoms with Crippen molar-refractivity contribution >= 4 is 12.2 Å². The molecule has 2 rings (SSSR count). The molecule has 5 heteroatoms. The van der Waals surface area contributed by atoms with Crippen molar-refractivity contribution in [3.8, 4) is 16.9 Å². The van der Waals surface area contributed by atoms with Crippen LogP contribution in [0.4, 0.5) is 0 Å². The molecule has 0 aromatic carbocycles. The molecule has 2 heterocycles. The highest BCUT2D eigenvalue weighted by atomic mass is 32.1. The summed E-state index contributed by atoms with van der Waals surface area (Å²) in [4.78, 5) is 11.1. The van der Waals surface area contributed by atoms with Crippen LogP contribution in [0.2, 0.25) is 0 Å². The minimum Gasteiger partial charge on any atom is -0.492 e. The zero-order chi connectivity index (χ0) is 12.1. The molecule has 0 atom stereocenters. The van der Waals surface area contributed by atoms with E-state index in [-0.39, 0.29) is 0 Å². The molecule has 2 aromatic rings. The molecule has 0 saturated heterocycles. The first-order chi connectivity index (χ1) is 8.31. The lowest BCUT2D eigenvalue weighted by molar-refractivity contribution is 0.316. The number of hydrogen-bond donors (Lipinski definition) is 1. The Labute approximate surface area is 105 Å². The van der Waals surface area contributed by atoms with Gasteiger partial charge in [-0.2, -0.15) is 0 Å². The van der Waals surface area contributed by atoms with E-state index in [4.69, 9.17) is 17.0 Å². The van der Waals surface area contributed by atoms with Gasteiger partial charge in [-0.15, -0.1) is 0 Å². The van der Waals surface area contributed by atoms with Crippen LogP contribution >= 0.6 is 12.2 Å². The predicted molar refractivity (Wildman–Crippen MR) is 68.4 cm³/mol. The second-order valence-electron chi connectivity index (χ2n) is 3.55. The van der Waals surface area contributed by atoms with E-state index in [0.717, 1.165) is 23.3 Å². The first kappa shape index (κ1) is 11.7. The Morgan fingerprint density at radius 3 is 2.94 bits per heavy atom. The first-order valence-electron chi connectivity index (χ1n) is 5.42. The number of H-pyrrole nitrogens is 1. The number of nitrogens with zero attached hydrogens (tertiary/aromatic N) is 2. The molecule has 0 unspecified atom stereocenters. The van der Waals surface area contributed by atoms with Crippen molar-refractivity contribution in [1.29, 1.82) is 0 Å². The van der Waals surface area contributed by atoms with Gasteiger partial charge in [0.1, 0.15) is 10.4 Å². The molecule has 0 aliphatic rings. The van der Waals surface area contributed by atoms with Gasteiger partial charge in [0, 0.05) is 23.5 Å². The van der Waals surface area contributed by atoms with E-state index in [0.29, 0.717) is 11.2 Å². The quantitative estimate of drug-likeness (QED) is 0.844. The topological polar surface area (TPSA) is 50.8 Å². The second kappa shape index (κ2) is 5.54. The number of hydrogen-bond acceptors (Lipinski definition) is 4. The van der Waals surface area contributed by atoms with Gasteiger partial charge >= 0.3 is 0 Å². The van der Waals surface area contributed by atoms with E-state index in [2.05, 4.69) is 21.9 Å². The summed E-state index contributed by atoms with van der Waals surface area (Å²) in [6.45, 7) is 2.75. The minimum atomic E-state index is 0.648. The van der Waals surface area contributed by atoms with Crippen molar-refractivity contribution in [2.75, 3.05) is 6.61 Å². The highest BCUT2D eigenvalue weighted by molar-refractivity contribution is 7.71. The molecule has 17 heavy (non-hydrogen) atoms. The summed E-state index contributed by atoms with van der Waals surface area (Å²) in [6, 6.07) is 1.92. The highest BCUT2D eigenvalue weighted by Crippen LogP contribution is 2.22. The molecule has 0 bridgehead atoms. The van der Waals surface area contributed by atoms with Crippen LogP contribution in [0.1, 0.15) is 13.3 Å². The normalized spacial score (nSPS) is 10.2. The molecule has 0 aliphatic heterocycles. The van der Waals surface area contributed by atoms with Gasteiger partial charge in [-0.3, -0.25) is 4.98 Å². The van der Waals surface area contributed by atoms with Crippen LogP contribution in [0, 0.1) is 4.64 Å². The van der Waals surface area contributed by atoms with Crippen molar-refractivity contribution in [3.63, 3.8) is 0 Å². The molecular weight excluding hydrogens is 234 g/mol. The Balaban J connectivity index is 2.33. The third-order valence-electron chi connectivity index (χ3n) is 2.22. The maximum Gasteiger partial charge on any atom is 0.138 e. The van der Waals surface area contributed by atoms with Crippen LogP contribution in [0.3, 0.4) is 0 Å². The van der Waals surface area contributed by atoms with E-state index in [1.54, 1.807) is 24.9 Å². The number of nitrogens with one attached hydrogen (secondary N) is 1. The fourth-order valence-corrected chi connectivity index (χ4v) is 1.64. The average Bonchev–Trinajstić information content (AvgIpc) is 2.37. The molecule has 0 fully saturated rings. The van der Waals surface area contributed by atoms with Crippen LogP contribution in [-0.2, 0) is 0 Å². The molecule has 0 radical (unpaired) electrons. The lowest BCUT2D eigenvalue weighted by Gasteiger charge is -2.06. The Hall–Kier alpha value is -1.75. The molecular formula is C12H13N3OS. The standard InChI is InChI=1S/C12H13N3OS/c1-2-3-16-10-4-9(5-13-6-10)11-7-14-8-15-12(11)17/h4-8H,2-3H2,1H3,(H,14,15,17). The summed E-state index contributed by atoms with van der Waals surface area (Å²) in [5, 5.41) is 0. The Bertz CT molecular complexity index is 553. The summed E-state index contributed by atoms with van der Waals surface area (Å²) in [7, 11) is 0. The van der Waals surface area contributed by atoms with Gasteiger partial charge in [0.2, 0.25) is 0 Å². The summed E-state index contributed by atoms with van der Waals surface area (Å²) in [5.74, 6) is 0.752. The number of pyridine rings is 1. The SMILES string of the molecule is CCCOc1cncc(-c2cnc[nH]c2=S)c1. The average molecular weight is 247 g/mol. The fourth-order valence-electron chi connectivity index (χ4n) is 1.41. The minimum absolute atomic E-state index is 0.648. The van der Waals surface area contributed by atoms with Crippen LogP contribution in [0.5, 0.6) is 5.75 Å². The van der Waals surface area contributed by atoms with Crippen LogP contribution in [0.25, 0.3) is 11.1 Å². The van der Waals surface area contributed by atoms with Crippen molar-refractivity contribution in [3.05, 3.63) is 35.6 Å². The Morgan fingerprint density at radius 1 is 1.29 bits per heavy atom. The van der Waals surface area contributed by atoms with Gasteiger partial charge in [0.05, 0.1) is 19.1 Å². The van der Waals surface area contributed by atoms with E-state index < -0.39 is 0 Å². The van der Waals surface area contributed by atoms with Crippen LogP contribution < -0.4 is 4.74 Å². The smallest absolute Gasteiger partial charge is 0.138 e. The van der Waals surface area contributed by atoms with Crippen molar-refractivity contribution in [2.24, 2.45) is 0 Å². The zero-order valence-corrected chi connectivity index (χ0v) is 10.3. The highest BCUT2D eigenvalue weighted by Gasteiger charge is 2.03. The maximum atomic E-state index is 5.53. The van der Waals surface area contributed by atoms with E-state index >= 15 is 0 Å². The largest absolute Gasteiger partial charge is 0.492 e. The summed E-state index contributed by atoms with van der Waals surface area (Å²) in [6.07, 6.45) is 7.70. The molecule has 0 aliphatic carbocycles. The Morgan fingerprint density at radius 2 is 2.18 bits per heavy atom. The molecule has 0 spiro atoms. The van der Waals surface area contributed by atoms with Crippen molar-refractivity contribution < 1.29 is 4.74 Å². The van der Waals surface area contributed by atoms with Gasteiger partial charge in [-0.25, -0.2) is 4.98 Å². The second-order valence-corrected chi connectivity index (χ2v) is 3.96. The molecule has 0 amide bonds. The summed E-state index contributed by atoms with van der Waals surface area (Å²) >= 11 is 5.20. The number of ether oxygens (including phenoxy) is 1. The molecule has 4 nitrogen and oxygen atoms in total. The molecule has 1 N–H and O–H groups in total. The Kier molecular flexibility index (Phi) is 3.82. The third kappa shape index (κ3) is 2.88. The molecule has 2 aromatic heterocycles. The first-order valence-corrected chi connectivity index (χ1v) is 5.83. The van der Waals surface area contributed by atoms with Gasteiger partial charge in [0.15, 0.2) is 0 Å². The maximum absolute atomic E-state index is 5.53. The van der Waals surface area contributed by atoms with Crippen LogP contribution in [-0.4, -0.2) is 21.6 Å². The number of rotatable bonds is 4. The van der Waals surface area contributed by atoms with Gasteiger partial charge < -0.3 is 9.72 Å². The number of aromatic nitrogens is 3. The lowest BCUT2D eigenvalue weighted by atomic mass is 10.1. The monoisotopic (exact) mass is 247 g/mol. The molecule has 0 saturated carbocycles. The zero-order valence-electron chi connectivity index (χ0n) is 9.51. The van der Waals surface area contributed by atoms with Crippen molar-refractivity contribution in [2.45, 2.75) is 13.3 Å². The van der Waals surface area contributed by atoms with E-state index in [1.807, 2.05) is 6.07 Å². The van der Waals surface area contributed by atoms with Gasteiger partial charge in [-0.1, -0.05) is 19.1 Å². The summed E-state index contributed by atoms with van der Waals surface area (Å²) in [5.41, 5.74) is 1.77. The third-order valence-corrected chi connectivity index (χ3v) is 2.55. The summed E-state index contributed by atoms with van der Waals surface area (Å²) < 4.78 is 6.18. The fraction of sp³-hybridized carbons (Fsp3) is 0.250. The molecule has 88 valence electrons. The van der Waals surface area contributed by atoms with E-state index in [1.165, 1.54) is 0 Å². The van der Waals surface area contributed by atoms with Gasteiger partial charge in [0.25, 0.3) is 0 Å². The van der Waals surface area contributed by atoms with Gasteiger partial charge in [-0.05, 0) is 12.5 Å². The predicted octanol–water partition coefficient (Wildman–Crippen LogP) is 2.99. The lowest BCUT2D eigenvalue weighted by Crippen LogP contribution is -1.96. The van der Waals surface area contributed by atoms with Crippen molar-refractivity contribution in [1.82, 2.24) is 15.0 Å². The van der Waals surface area contributed by atoms with E-state index in [9.17, 15) is 0 Å². The van der Waals surface area contributed by atoms with Crippen LogP contribution in [0.15, 0.2) is 31.0 Å². The number of aromatic amines is 1.